The van der Waals surface area contributed by atoms with Crippen LogP contribution in [0.4, 0.5) is 0 Å². The Morgan fingerprint density at radius 2 is 1.90 bits per heavy atom. The van der Waals surface area contributed by atoms with Crippen LogP contribution in [0.2, 0.25) is 0 Å². The lowest BCUT2D eigenvalue weighted by Crippen LogP contribution is -2.57. The highest BCUT2D eigenvalue weighted by atomic mass is 127. The van der Waals surface area contributed by atoms with E-state index in [2.05, 4.69) is 30.1 Å². The van der Waals surface area contributed by atoms with Crippen LogP contribution in [0.15, 0.2) is 23.2 Å². The number of halogens is 1. The standard InChI is InChI=1S/C21H33N3O4S.HI/c1-6-22-19(24-9-12-29(25,26)21(4,5)15-24)23-14-20(2,3)16-7-8-17-18(13-16)28-11-10-27-17;/h7-8,13H,6,9-12,14-15H2,1-5H3,(H,22,23);1H. The molecule has 0 unspecified atom stereocenters. The van der Waals surface area contributed by atoms with E-state index in [9.17, 15) is 8.42 Å². The number of nitrogens with one attached hydrogen (secondary N) is 1. The Hall–Kier alpha value is -1.23. The molecule has 0 radical (unpaired) electrons. The molecule has 9 heteroatoms. The maximum atomic E-state index is 12.3. The van der Waals surface area contributed by atoms with E-state index in [0.29, 0.717) is 32.8 Å². The lowest BCUT2D eigenvalue weighted by Gasteiger charge is -2.39. The monoisotopic (exact) mass is 551 g/mol. The van der Waals surface area contributed by atoms with Gasteiger partial charge in [-0.05, 0) is 38.5 Å². The molecular weight excluding hydrogens is 517 g/mol. The first-order chi connectivity index (χ1) is 13.6. The Morgan fingerprint density at radius 3 is 2.53 bits per heavy atom. The molecule has 0 saturated carbocycles. The van der Waals surface area contributed by atoms with Gasteiger partial charge in [0.15, 0.2) is 27.3 Å². The number of guanidine groups is 1. The maximum Gasteiger partial charge on any atom is 0.194 e. The van der Waals surface area contributed by atoms with Crippen molar-refractivity contribution in [1.82, 2.24) is 10.2 Å². The Morgan fingerprint density at radius 1 is 1.23 bits per heavy atom. The van der Waals surface area contributed by atoms with Crippen molar-refractivity contribution in [3.63, 3.8) is 0 Å². The van der Waals surface area contributed by atoms with Crippen LogP contribution in [0, 0.1) is 0 Å². The highest BCUT2D eigenvalue weighted by Gasteiger charge is 2.41. The largest absolute Gasteiger partial charge is 0.486 e. The zero-order chi connectivity index (χ0) is 21.3. The second-order valence-electron chi connectivity index (χ2n) is 8.91. The molecule has 2 aliphatic heterocycles. The fourth-order valence-corrected chi connectivity index (χ4v) is 4.94. The van der Waals surface area contributed by atoms with Crippen molar-refractivity contribution in [3.8, 4) is 11.5 Å². The molecule has 7 nitrogen and oxygen atoms in total. The van der Waals surface area contributed by atoms with E-state index in [1.54, 1.807) is 13.8 Å². The van der Waals surface area contributed by atoms with Gasteiger partial charge in [0.05, 0.1) is 17.0 Å². The zero-order valence-electron chi connectivity index (χ0n) is 18.5. The third kappa shape index (κ3) is 5.33. The molecule has 30 heavy (non-hydrogen) atoms. The summed E-state index contributed by atoms with van der Waals surface area (Å²) in [6.45, 7) is 13.2. The summed E-state index contributed by atoms with van der Waals surface area (Å²) in [5, 5.41) is 3.33. The van der Waals surface area contributed by atoms with Crippen LogP contribution in [0.5, 0.6) is 11.5 Å². The summed E-state index contributed by atoms with van der Waals surface area (Å²) in [6.07, 6.45) is 0. The molecule has 1 saturated heterocycles. The first kappa shape index (κ1) is 25.0. The van der Waals surface area contributed by atoms with Gasteiger partial charge < -0.3 is 19.7 Å². The third-order valence-corrected chi connectivity index (χ3v) is 8.16. The van der Waals surface area contributed by atoms with Crippen LogP contribution in [0.1, 0.15) is 40.2 Å². The number of benzene rings is 1. The number of hydrogen-bond acceptors (Lipinski definition) is 5. The van der Waals surface area contributed by atoms with E-state index in [1.807, 2.05) is 19.1 Å². The number of aliphatic imine (C=N–C) groups is 1. The van der Waals surface area contributed by atoms with E-state index < -0.39 is 14.6 Å². The molecule has 1 fully saturated rings. The van der Waals surface area contributed by atoms with Crippen LogP contribution in [0.3, 0.4) is 0 Å². The number of hydrogen-bond donors (Lipinski definition) is 1. The molecule has 0 aromatic heterocycles. The van der Waals surface area contributed by atoms with Crippen LogP contribution in [0.25, 0.3) is 0 Å². The molecule has 2 aliphatic rings. The van der Waals surface area contributed by atoms with E-state index in [4.69, 9.17) is 14.5 Å². The number of ether oxygens (including phenoxy) is 2. The van der Waals surface area contributed by atoms with Gasteiger partial charge in [-0.15, -0.1) is 24.0 Å². The predicted molar refractivity (Wildman–Crippen MR) is 131 cm³/mol. The smallest absolute Gasteiger partial charge is 0.194 e. The summed E-state index contributed by atoms with van der Waals surface area (Å²) in [4.78, 5) is 6.94. The highest BCUT2D eigenvalue weighted by molar-refractivity contribution is 14.0. The summed E-state index contributed by atoms with van der Waals surface area (Å²) in [6, 6.07) is 6.05. The lowest BCUT2D eigenvalue weighted by atomic mass is 9.84. The van der Waals surface area contributed by atoms with Crippen LogP contribution in [-0.4, -0.2) is 69.2 Å². The first-order valence-corrected chi connectivity index (χ1v) is 11.9. The number of nitrogens with zero attached hydrogens (tertiary/aromatic N) is 2. The second kappa shape index (κ2) is 9.50. The molecule has 0 atom stereocenters. The highest BCUT2D eigenvalue weighted by Crippen LogP contribution is 2.35. The Labute approximate surface area is 197 Å². The van der Waals surface area contributed by atoms with Crippen LogP contribution in [-0.2, 0) is 15.3 Å². The van der Waals surface area contributed by atoms with Gasteiger partial charge in [0.2, 0.25) is 0 Å². The summed E-state index contributed by atoms with van der Waals surface area (Å²) in [5.74, 6) is 2.47. The molecule has 1 aromatic rings. The topological polar surface area (TPSA) is 80.2 Å². The van der Waals surface area contributed by atoms with Crippen molar-refractivity contribution in [3.05, 3.63) is 23.8 Å². The zero-order valence-corrected chi connectivity index (χ0v) is 21.7. The molecule has 170 valence electrons. The lowest BCUT2D eigenvalue weighted by molar-refractivity contribution is 0.171. The fraction of sp³-hybridized carbons (Fsp3) is 0.667. The summed E-state index contributed by atoms with van der Waals surface area (Å²) in [5.41, 5.74) is 0.913. The van der Waals surface area contributed by atoms with Gasteiger partial charge in [-0.3, -0.25) is 4.99 Å². The molecule has 0 bridgehead atoms. The van der Waals surface area contributed by atoms with Gasteiger partial charge in [-0.1, -0.05) is 19.9 Å². The number of rotatable bonds is 4. The van der Waals surface area contributed by atoms with E-state index >= 15 is 0 Å². The minimum atomic E-state index is -3.09. The van der Waals surface area contributed by atoms with Crippen molar-refractivity contribution < 1.29 is 17.9 Å². The maximum absolute atomic E-state index is 12.3. The SMILES string of the molecule is CCNC(=NCC(C)(C)c1ccc2c(c1)OCCO2)N1CCS(=O)(=O)C(C)(C)C1.I. The van der Waals surface area contributed by atoms with Crippen molar-refractivity contribution >= 4 is 39.8 Å². The molecule has 1 aromatic carbocycles. The van der Waals surface area contributed by atoms with Crippen LogP contribution >= 0.6 is 24.0 Å². The van der Waals surface area contributed by atoms with Crippen molar-refractivity contribution in [2.24, 2.45) is 4.99 Å². The van der Waals surface area contributed by atoms with Gasteiger partial charge in [-0.25, -0.2) is 8.42 Å². The van der Waals surface area contributed by atoms with E-state index in [0.717, 1.165) is 29.6 Å². The minimum absolute atomic E-state index is 0. The first-order valence-electron chi connectivity index (χ1n) is 10.2. The molecule has 0 aliphatic carbocycles. The normalized spacial score (nSPS) is 20.3. The van der Waals surface area contributed by atoms with Gasteiger partial charge in [0.25, 0.3) is 0 Å². The Bertz CT molecular complexity index is 884. The molecule has 0 amide bonds. The second-order valence-corrected chi connectivity index (χ2v) is 11.7. The van der Waals surface area contributed by atoms with Crippen LogP contribution < -0.4 is 14.8 Å². The molecule has 1 N–H and O–H groups in total. The minimum Gasteiger partial charge on any atom is -0.486 e. The predicted octanol–water partition coefficient (Wildman–Crippen LogP) is 2.83. The van der Waals surface area contributed by atoms with Crippen molar-refractivity contribution in [2.45, 2.75) is 44.8 Å². The van der Waals surface area contributed by atoms with Gasteiger partial charge in [-0.2, -0.15) is 0 Å². The summed E-state index contributed by atoms with van der Waals surface area (Å²) >= 11 is 0. The Kier molecular flexibility index (Phi) is 7.93. The molecule has 3 rings (SSSR count). The summed E-state index contributed by atoms with van der Waals surface area (Å²) in [7, 11) is -3.09. The van der Waals surface area contributed by atoms with Gasteiger partial charge in [0.1, 0.15) is 13.2 Å². The number of fused-ring (bicyclic) bond motifs is 1. The molecule has 2 heterocycles. The van der Waals surface area contributed by atoms with E-state index in [1.165, 1.54) is 0 Å². The van der Waals surface area contributed by atoms with Crippen molar-refractivity contribution in [1.29, 1.82) is 0 Å². The third-order valence-electron chi connectivity index (χ3n) is 5.63. The molecular formula is C21H34IN3O4S. The number of sulfone groups is 1. The molecule has 0 spiro atoms. The van der Waals surface area contributed by atoms with E-state index in [-0.39, 0.29) is 35.1 Å². The Balaban J connectivity index is 0.00000320. The average molecular weight is 551 g/mol. The quantitative estimate of drug-likeness (QED) is 0.352. The fourth-order valence-electron chi connectivity index (χ4n) is 3.58. The van der Waals surface area contributed by atoms with Gasteiger partial charge >= 0.3 is 0 Å². The summed E-state index contributed by atoms with van der Waals surface area (Å²) < 4.78 is 35.2. The van der Waals surface area contributed by atoms with Crippen molar-refractivity contribution in [2.75, 3.05) is 45.1 Å². The van der Waals surface area contributed by atoms with Gasteiger partial charge in [0, 0.05) is 25.0 Å². The average Bonchev–Trinajstić information content (AvgIpc) is 2.67.